The molecule has 0 bridgehead atoms. The van der Waals surface area contributed by atoms with E-state index in [4.69, 9.17) is 0 Å². The number of rotatable bonds is 5. The standard InChI is InChI=1S/C10H11NO3/c12-7-6-10(8-11(13)14)9-4-2-1-3-5-9/h1-5,7,10H,6,8H2/t10-/m0/s1. The number of hydrogen-bond acceptors (Lipinski definition) is 3. The molecule has 1 aromatic rings. The molecule has 0 radical (unpaired) electrons. The van der Waals surface area contributed by atoms with Crippen molar-refractivity contribution in [3.63, 3.8) is 0 Å². The van der Waals surface area contributed by atoms with E-state index < -0.39 is 0 Å². The molecule has 0 saturated carbocycles. The van der Waals surface area contributed by atoms with Gasteiger partial charge in [0.25, 0.3) is 0 Å². The number of benzene rings is 1. The summed E-state index contributed by atoms with van der Waals surface area (Å²) in [5, 5.41) is 10.3. The second-order valence-corrected chi connectivity index (χ2v) is 3.03. The van der Waals surface area contributed by atoms with Gasteiger partial charge in [0.2, 0.25) is 6.54 Å². The molecule has 74 valence electrons. The third kappa shape index (κ3) is 2.97. The van der Waals surface area contributed by atoms with Crippen LogP contribution in [0.4, 0.5) is 0 Å². The Labute approximate surface area is 81.7 Å². The van der Waals surface area contributed by atoms with Crippen molar-refractivity contribution < 1.29 is 9.72 Å². The van der Waals surface area contributed by atoms with E-state index in [-0.39, 0.29) is 23.8 Å². The van der Waals surface area contributed by atoms with Gasteiger partial charge >= 0.3 is 0 Å². The highest BCUT2D eigenvalue weighted by Gasteiger charge is 2.16. The zero-order chi connectivity index (χ0) is 10.4. The molecule has 1 atom stereocenters. The van der Waals surface area contributed by atoms with E-state index in [0.29, 0.717) is 0 Å². The van der Waals surface area contributed by atoms with E-state index in [1.807, 2.05) is 18.2 Å². The van der Waals surface area contributed by atoms with Gasteiger partial charge in [0, 0.05) is 11.3 Å². The number of carbonyl (C=O) groups is 1. The fourth-order valence-electron chi connectivity index (χ4n) is 1.34. The maximum absolute atomic E-state index is 10.3. The SMILES string of the molecule is O=CC[C@@H](C[N+](=O)[O-])c1ccccc1. The van der Waals surface area contributed by atoms with Crippen molar-refractivity contribution in [2.24, 2.45) is 0 Å². The molecule has 0 fully saturated rings. The Morgan fingerprint density at radius 3 is 2.50 bits per heavy atom. The van der Waals surface area contributed by atoms with Crippen LogP contribution in [0.5, 0.6) is 0 Å². The van der Waals surface area contributed by atoms with Crippen LogP contribution >= 0.6 is 0 Å². The zero-order valence-corrected chi connectivity index (χ0v) is 7.63. The maximum Gasteiger partial charge on any atom is 0.211 e. The van der Waals surface area contributed by atoms with Crippen molar-refractivity contribution in [3.8, 4) is 0 Å². The Bertz CT molecular complexity index is 310. The minimum atomic E-state index is -0.388. The smallest absolute Gasteiger partial charge is 0.211 e. The average molecular weight is 193 g/mol. The first-order valence-corrected chi connectivity index (χ1v) is 4.34. The first-order chi connectivity index (χ1) is 6.74. The van der Waals surface area contributed by atoms with Crippen molar-refractivity contribution in [1.29, 1.82) is 0 Å². The average Bonchev–Trinajstić information content (AvgIpc) is 2.18. The topological polar surface area (TPSA) is 60.2 Å². The van der Waals surface area contributed by atoms with Gasteiger partial charge in [-0.15, -0.1) is 0 Å². The largest absolute Gasteiger partial charge is 0.303 e. The highest BCUT2D eigenvalue weighted by atomic mass is 16.6. The molecule has 1 aromatic carbocycles. The summed E-state index contributed by atoms with van der Waals surface area (Å²) in [6.45, 7) is -0.192. The quantitative estimate of drug-likeness (QED) is 0.405. The Hall–Kier alpha value is -1.71. The Morgan fingerprint density at radius 2 is 2.00 bits per heavy atom. The summed E-state index contributed by atoms with van der Waals surface area (Å²) in [7, 11) is 0. The molecule has 4 heteroatoms. The van der Waals surface area contributed by atoms with Gasteiger partial charge in [-0.3, -0.25) is 10.1 Å². The molecule has 0 aromatic heterocycles. The molecule has 14 heavy (non-hydrogen) atoms. The molecule has 1 rings (SSSR count). The van der Waals surface area contributed by atoms with Gasteiger partial charge < -0.3 is 4.79 Å². The van der Waals surface area contributed by atoms with E-state index >= 15 is 0 Å². The summed E-state index contributed by atoms with van der Waals surface area (Å²) < 4.78 is 0. The number of hydrogen-bond donors (Lipinski definition) is 0. The van der Waals surface area contributed by atoms with Gasteiger partial charge in [-0.25, -0.2) is 0 Å². The van der Waals surface area contributed by atoms with Crippen LogP contribution in [0.1, 0.15) is 17.9 Å². The van der Waals surface area contributed by atoms with Crippen LogP contribution in [0.15, 0.2) is 30.3 Å². The third-order valence-corrected chi connectivity index (χ3v) is 2.02. The van der Waals surface area contributed by atoms with Crippen LogP contribution in [0, 0.1) is 10.1 Å². The van der Waals surface area contributed by atoms with Crippen LogP contribution in [-0.2, 0) is 4.79 Å². The summed E-state index contributed by atoms with van der Waals surface area (Å²) in [4.78, 5) is 20.3. The summed E-state index contributed by atoms with van der Waals surface area (Å²) >= 11 is 0. The van der Waals surface area contributed by atoms with Gasteiger partial charge in [-0.05, 0) is 5.56 Å². The minimum Gasteiger partial charge on any atom is -0.303 e. The Morgan fingerprint density at radius 1 is 1.36 bits per heavy atom. The summed E-state index contributed by atoms with van der Waals surface area (Å²) in [6, 6.07) is 9.07. The molecule has 0 aliphatic heterocycles. The molecular formula is C10H11NO3. The van der Waals surface area contributed by atoms with Crippen molar-refractivity contribution in [2.45, 2.75) is 12.3 Å². The molecule has 0 aliphatic rings. The first-order valence-electron chi connectivity index (χ1n) is 4.34. The summed E-state index contributed by atoms with van der Waals surface area (Å²) in [6.07, 6.45) is 0.923. The van der Waals surface area contributed by atoms with Gasteiger partial charge in [0.05, 0.1) is 5.92 Å². The molecule has 0 aliphatic carbocycles. The normalized spacial score (nSPS) is 12.0. The van der Waals surface area contributed by atoms with E-state index in [1.165, 1.54) is 0 Å². The summed E-state index contributed by atoms with van der Waals surface area (Å²) in [5.74, 6) is -0.302. The van der Waals surface area contributed by atoms with Gasteiger partial charge in [-0.1, -0.05) is 30.3 Å². The zero-order valence-electron chi connectivity index (χ0n) is 7.63. The van der Waals surface area contributed by atoms with E-state index in [0.717, 1.165) is 11.8 Å². The number of nitrogens with zero attached hydrogens (tertiary/aromatic N) is 1. The van der Waals surface area contributed by atoms with Gasteiger partial charge in [0.15, 0.2) is 0 Å². The highest BCUT2D eigenvalue weighted by Crippen LogP contribution is 2.18. The Kier molecular flexibility index (Phi) is 3.79. The van der Waals surface area contributed by atoms with Crippen LogP contribution in [0.3, 0.4) is 0 Å². The van der Waals surface area contributed by atoms with Crippen LogP contribution in [-0.4, -0.2) is 17.8 Å². The predicted octanol–water partition coefficient (Wildman–Crippen LogP) is 1.64. The minimum absolute atomic E-state index is 0.192. The molecule has 0 spiro atoms. The number of carbonyl (C=O) groups excluding carboxylic acids is 1. The molecule has 0 N–H and O–H groups in total. The molecule has 4 nitrogen and oxygen atoms in total. The molecule has 0 saturated heterocycles. The summed E-state index contributed by atoms with van der Waals surface area (Å²) in [5.41, 5.74) is 0.844. The fourth-order valence-corrected chi connectivity index (χ4v) is 1.34. The maximum atomic E-state index is 10.3. The van der Waals surface area contributed by atoms with E-state index in [9.17, 15) is 14.9 Å². The van der Waals surface area contributed by atoms with Crippen LogP contribution in [0.2, 0.25) is 0 Å². The molecule has 0 amide bonds. The van der Waals surface area contributed by atoms with Crippen LogP contribution in [0.25, 0.3) is 0 Å². The third-order valence-electron chi connectivity index (χ3n) is 2.02. The Balaban J connectivity index is 2.77. The van der Waals surface area contributed by atoms with Crippen molar-refractivity contribution in [1.82, 2.24) is 0 Å². The van der Waals surface area contributed by atoms with E-state index in [2.05, 4.69) is 0 Å². The first kappa shape index (κ1) is 10.4. The highest BCUT2D eigenvalue weighted by molar-refractivity contribution is 5.51. The molecule has 0 heterocycles. The monoisotopic (exact) mass is 193 g/mol. The molecule has 0 unspecified atom stereocenters. The lowest BCUT2D eigenvalue weighted by Crippen LogP contribution is -2.12. The van der Waals surface area contributed by atoms with E-state index in [1.54, 1.807) is 12.1 Å². The predicted molar refractivity (Wildman–Crippen MR) is 51.7 cm³/mol. The fraction of sp³-hybridized carbons (Fsp3) is 0.300. The second-order valence-electron chi connectivity index (χ2n) is 3.03. The van der Waals surface area contributed by atoms with Crippen molar-refractivity contribution in [3.05, 3.63) is 46.0 Å². The van der Waals surface area contributed by atoms with Gasteiger partial charge in [0.1, 0.15) is 6.29 Å². The number of aldehydes is 1. The lowest BCUT2D eigenvalue weighted by molar-refractivity contribution is -0.483. The second kappa shape index (κ2) is 5.11. The van der Waals surface area contributed by atoms with Crippen molar-refractivity contribution in [2.75, 3.05) is 6.54 Å². The van der Waals surface area contributed by atoms with Crippen LogP contribution < -0.4 is 0 Å². The lowest BCUT2D eigenvalue weighted by Gasteiger charge is -2.08. The van der Waals surface area contributed by atoms with Gasteiger partial charge in [-0.2, -0.15) is 0 Å². The number of nitro groups is 1. The van der Waals surface area contributed by atoms with Crippen molar-refractivity contribution >= 4 is 6.29 Å². The molecular weight excluding hydrogens is 182 g/mol. The lowest BCUT2D eigenvalue weighted by atomic mass is 9.97.